The molecule has 1 aromatic rings. The number of hydrogen-bond acceptors (Lipinski definition) is 3. The Kier molecular flexibility index (Phi) is 3.99. The third kappa shape index (κ3) is 2.93. The van der Waals surface area contributed by atoms with E-state index in [1.807, 2.05) is 19.9 Å². The van der Waals surface area contributed by atoms with Crippen LogP contribution in [0.5, 0.6) is 0 Å². The zero-order chi connectivity index (χ0) is 12.6. The van der Waals surface area contributed by atoms with Crippen molar-refractivity contribution in [2.24, 2.45) is 5.41 Å². The molecule has 1 N–H and O–H groups in total. The molecule has 1 heterocycles. The second-order valence-electron chi connectivity index (χ2n) is 4.65. The maximum Gasteiger partial charge on any atom is 0.330 e. The van der Waals surface area contributed by atoms with Crippen molar-refractivity contribution >= 4 is 31.8 Å². The third-order valence-electron chi connectivity index (χ3n) is 2.70. The summed E-state index contributed by atoms with van der Waals surface area (Å²) in [5.41, 5.74) is 0.574. The van der Waals surface area contributed by atoms with Crippen molar-refractivity contribution in [1.82, 2.24) is 0 Å². The lowest BCUT2D eigenvalue weighted by molar-refractivity contribution is -0.0276. The normalized spacial score (nSPS) is 28.1. The molecule has 0 radical (unpaired) electrons. The molecule has 17 heavy (non-hydrogen) atoms. The standard InChI is InChI=1S/C11H13Cl2O3P/c1-11(2)6-15-17(14)16-10(11)8-4-3-7(12)5-9(8)13/h3-5,10,14H,6H2,1-2H3/t10?,17-/m0/s1. The lowest BCUT2D eigenvalue weighted by Crippen LogP contribution is -2.32. The van der Waals surface area contributed by atoms with Crippen LogP contribution in [0.25, 0.3) is 0 Å². The van der Waals surface area contributed by atoms with Gasteiger partial charge < -0.3 is 13.9 Å². The molecule has 6 heteroatoms. The molecule has 1 aliphatic rings. The smallest absolute Gasteiger partial charge is 0.328 e. The van der Waals surface area contributed by atoms with Crippen molar-refractivity contribution < 1.29 is 13.9 Å². The van der Waals surface area contributed by atoms with Crippen molar-refractivity contribution in [2.75, 3.05) is 6.61 Å². The summed E-state index contributed by atoms with van der Waals surface area (Å²) < 4.78 is 10.6. The predicted molar refractivity (Wildman–Crippen MR) is 69.2 cm³/mol. The highest BCUT2D eigenvalue weighted by Crippen LogP contribution is 2.54. The van der Waals surface area contributed by atoms with Gasteiger partial charge in [-0.1, -0.05) is 43.1 Å². The van der Waals surface area contributed by atoms with Gasteiger partial charge in [0.15, 0.2) is 0 Å². The second kappa shape index (κ2) is 5.00. The molecule has 0 bridgehead atoms. The molecule has 2 rings (SSSR count). The van der Waals surface area contributed by atoms with E-state index in [-0.39, 0.29) is 11.5 Å². The van der Waals surface area contributed by atoms with Crippen molar-refractivity contribution in [3.05, 3.63) is 33.8 Å². The molecule has 0 spiro atoms. The van der Waals surface area contributed by atoms with Crippen molar-refractivity contribution in [2.45, 2.75) is 20.0 Å². The summed E-state index contributed by atoms with van der Waals surface area (Å²) in [6.45, 7) is 4.44. The SMILES string of the molecule is CC1(C)CO[P@](O)OC1c1ccc(Cl)cc1Cl. The molecular formula is C11H13Cl2O3P. The highest BCUT2D eigenvalue weighted by Gasteiger charge is 2.40. The van der Waals surface area contributed by atoms with Crippen LogP contribution in [-0.4, -0.2) is 11.5 Å². The zero-order valence-corrected chi connectivity index (χ0v) is 11.9. The fourth-order valence-corrected chi connectivity index (χ4v) is 3.34. The van der Waals surface area contributed by atoms with E-state index in [1.54, 1.807) is 12.1 Å². The van der Waals surface area contributed by atoms with Gasteiger partial charge in [0.25, 0.3) is 0 Å². The quantitative estimate of drug-likeness (QED) is 0.784. The Morgan fingerprint density at radius 2 is 2.12 bits per heavy atom. The van der Waals surface area contributed by atoms with E-state index in [0.29, 0.717) is 16.7 Å². The average molecular weight is 295 g/mol. The minimum atomic E-state index is -1.82. The number of rotatable bonds is 1. The molecule has 0 aromatic heterocycles. The molecule has 1 unspecified atom stereocenters. The summed E-state index contributed by atoms with van der Waals surface area (Å²) in [7, 11) is -1.82. The van der Waals surface area contributed by atoms with Gasteiger partial charge in [0, 0.05) is 21.0 Å². The van der Waals surface area contributed by atoms with Crippen LogP contribution in [0.1, 0.15) is 25.5 Å². The summed E-state index contributed by atoms with van der Waals surface area (Å²) in [6, 6.07) is 5.26. The van der Waals surface area contributed by atoms with E-state index in [9.17, 15) is 4.89 Å². The fraction of sp³-hybridized carbons (Fsp3) is 0.455. The van der Waals surface area contributed by atoms with Gasteiger partial charge in [-0.05, 0) is 12.1 Å². The number of halogens is 2. The van der Waals surface area contributed by atoms with Gasteiger partial charge in [0.05, 0.1) is 6.61 Å². The summed E-state index contributed by atoms with van der Waals surface area (Å²) in [6.07, 6.45) is -0.294. The third-order valence-corrected chi connectivity index (χ3v) is 4.00. The molecule has 1 aliphatic heterocycles. The van der Waals surface area contributed by atoms with Crippen LogP contribution in [0, 0.1) is 5.41 Å². The Morgan fingerprint density at radius 3 is 2.76 bits per heavy atom. The molecule has 2 atom stereocenters. The van der Waals surface area contributed by atoms with E-state index in [0.717, 1.165) is 5.56 Å². The van der Waals surface area contributed by atoms with Crippen LogP contribution in [0.15, 0.2) is 18.2 Å². The van der Waals surface area contributed by atoms with Crippen LogP contribution in [0.3, 0.4) is 0 Å². The summed E-state index contributed by atoms with van der Waals surface area (Å²) >= 11 is 12.0. The van der Waals surface area contributed by atoms with Crippen molar-refractivity contribution in [3.8, 4) is 0 Å². The van der Waals surface area contributed by atoms with Gasteiger partial charge in [0.2, 0.25) is 0 Å². The molecule has 0 amide bonds. The van der Waals surface area contributed by atoms with E-state index >= 15 is 0 Å². The first-order valence-corrected chi connectivity index (χ1v) is 7.02. The molecule has 1 fully saturated rings. The first-order chi connectivity index (χ1) is 7.90. The summed E-state index contributed by atoms with van der Waals surface area (Å²) in [4.78, 5) is 9.47. The maximum absolute atomic E-state index is 9.47. The molecule has 1 aromatic carbocycles. The molecule has 0 aliphatic carbocycles. The highest BCUT2D eigenvalue weighted by molar-refractivity contribution is 7.40. The van der Waals surface area contributed by atoms with Gasteiger partial charge in [-0.25, -0.2) is 0 Å². The predicted octanol–water partition coefficient (Wildman–Crippen LogP) is 4.33. The largest absolute Gasteiger partial charge is 0.330 e. The van der Waals surface area contributed by atoms with Crippen LogP contribution in [0.4, 0.5) is 0 Å². The minimum absolute atomic E-state index is 0.251. The first kappa shape index (κ1) is 13.5. The van der Waals surface area contributed by atoms with E-state index < -0.39 is 8.60 Å². The van der Waals surface area contributed by atoms with Crippen LogP contribution in [0.2, 0.25) is 10.0 Å². The number of hydrogen-bond donors (Lipinski definition) is 1. The average Bonchev–Trinajstić information content (AvgIpc) is 2.23. The molecule has 94 valence electrons. The lowest BCUT2D eigenvalue weighted by atomic mass is 9.83. The van der Waals surface area contributed by atoms with E-state index in [4.69, 9.17) is 32.2 Å². The second-order valence-corrected chi connectivity index (χ2v) is 6.44. The fourth-order valence-electron chi connectivity index (χ4n) is 1.75. The van der Waals surface area contributed by atoms with Gasteiger partial charge in [0.1, 0.15) is 6.10 Å². The molecular weight excluding hydrogens is 282 g/mol. The van der Waals surface area contributed by atoms with Crippen LogP contribution >= 0.6 is 31.8 Å². The van der Waals surface area contributed by atoms with Crippen molar-refractivity contribution in [1.29, 1.82) is 0 Å². The lowest BCUT2D eigenvalue weighted by Gasteiger charge is -2.39. The van der Waals surface area contributed by atoms with Crippen molar-refractivity contribution in [3.63, 3.8) is 0 Å². The van der Waals surface area contributed by atoms with Gasteiger partial charge >= 0.3 is 8.60 Å². The summed E-state index contributed by atoms with van der Waals surface area (Å²) in [5, 5.41) is 1.12. The zero-order valence-electron chi connectivity index (χ0n) is 9.48. The highest BCUT2D eigenvalue weighted by atomic mass is 35.5. The number of benzene rings is 1. The van der Waals surface area contributed by atoms with Gasteiger partial charge in [-0.15, -0.1) is 0 Å². The monoisotopic (exact) mass is 294 g/mol. The Hall–Kier alpha value is 0.110. The van der Waals surface area contributed by atoms with Crippen LogP contribution in [-0.2, 0) is 9.05 Å². The van der Waals surface area contributed by atoms with Gasteiger partial charge in [-0.2, -0.15) is 0 Å². The molecule has 3 nitrogen and oxygen atoms in total. The minimum Gasteiger partial charge on any atom is -0.328 e. The Morgan fingerprint density at radius 1 is 1.41 bits per heavy atom. The Bertz CT molecular complexity index is 425. The molecule has 0 saturated carbocycles. The molecule has 1 saturated heterocycles. The first-order valence-electron chi connectivity index (χ1n) is 5.14. The maximum atomic E-state index is 9.47. The Balaban J connectivity index is 2.36. The van der Waals surface area contributed by atoms with E-state index in [1.165, 1.54) is 0 Å². The summed E-state index contributed by atoms with van der Waals surface area (Å²) in [5.74, 6) is 0. The van der Waals surface area contributed by atoms with Crippen LogP contribution < -0.4 is 0 Å². The van der Waals surface area contributed by atoms with Gasteiger partial charge in [-0.3, -0.25) is 0 Å². The topological polar surface area (TPSA) is 38.7 Å². The van der Waals surface area contributed by atoms with E-state index in [2.05, 4.69) is 0 Å². The Labute approximate surface area is 112 Å².